The van der Waals surface area contributed by atoms with Crippen molar-refractivity contribution in [1.29, 1.82) is 0 Å². The molecule has 3 heterocycles. The van der Waals surface area contributed by atoms with Crippen LogP contribution in [0.2, 0.25) is 5.02 Å². The highest BCUT2D eigenvalue weighted by molar-refractivity contribution is 6.31. The highest BCUT2D eigenvalue weighted by atomic mass is 35.5. The Bertz CT molecular complexity index is 987. The fourth-order valence-corrected chi connectivity index (χ4v) is 5.43. The number of hydrogen-bond acceptors (Lipinski definition) is 5. The topological polar surface area (TPSA) is 74.8 Å². The Morgan fingerprint density at radius 1 is 1.14 bits per heavy atom. The summed E-state index contributed by atoms with van der Waals surface area (Å²) >= 11 is 6.43. The number of nitrogens with one attached hydrogen (secondary N) is 1. The van der Waals surface area contributed by atoms with Crippen molar-refractivity contribution in [2.45, 2.75) is 38.3 Å². The maximum Gasteiger partial charge on any atom is 0.246 e. The number of nitrogens with zero attached hydrogens (tertiary/aromatic N) is 3. The average molecular weight is 558 g/mol. The number of halogens is 3. The zero-order valence-electron chi connectivity index (χ0n) is 20.5. The summed E-state index contributed by atoms with van der Waals surface area (Å²) < 4.78 is 4.98. The molecule has 2 saturated heterocycles. The molecule has 4 rings (SSSR count). The van der Waals surface area contributed by atoms with Gasteiger partial charge in [0.15, 0.2) is 0 Å². The zero-order chi connectivity index (χ0) is 24.0. The van der Waals surface area contributed by atoms with E-state index in [-0.39, 0.29) is 54.7 Å². The van der Waals surface area contributed by atoms with Gasteiger partial charge in [0.2, 0.25) is 11.8 Å². The SMILES string of the molecule is COCC(=O)NC(CCN1CCC2(CC1)CCN(Cc1cccnc1)C2=O)c1ccccc1Cl.Cl.Cl. The molecule has 0 bridgehead atoms. The number of carbonyl (C=O) groups excluding carboxylic acids is 2. The largest absolute Gasteiger partial charge is 0.375 e. The molecule has 36 heavy (non-hydrogen) atoms. The van der Waals surface area contributed by atoms with E-state index in [9.17, 15) is 9.59 Å². The molecule has 10 heteroatoms. The summed E-state index contributed by atoms with van der Waals surface area (Å²) in [6, 6.07) is 11.4. The quantitative estimate of drug-likeness (QED) is 0.498. The van der Waals surface area contributed by atoms with Crippen LogP contribution in [0.15, 0.2) is 48.8 Å². The summed E-state index contributed by atoms with van der Waals surface area (Å²) in [6.07, 6.45) is 7.01. The van der Waals surface area contributed by atoms with E-state index in [1.807, 2.05) is 47.5 Å². The van der Waals surface area contributed by atoms with Gasteiger partial charge in [-0.1, -0.05) is 35.9 Å². The third-order valence-corrected chi connectivity index (χ3v) is 7.48. The zero-order valence-corrected chi connectivity index (χ0v) is 22.9. The Kier molecular flexibility index (Phi) is 11.9. The average Bonchev–Trinajstić information content (AvgIpc) is 3.14. The second-order valence-electron chi connectivity index (χ2n) is 9.32. The van der Waals surface area contributed by atoms with Crippen molar-refractivity contribution in [2.75, 3.05) is 39.9 Å². The van der Waals surface area contributed by atoms with Gasteiger partial charge in [-0.2, -0.15) is 0 Å². The molecule has 2 aliphatic rings. The molecular weight excluding hydrogens is 523 g/mol. The van der Waals surface area contributed by atoms with E-state index in [1.54, 1.807) is 6.20 Å². The number of rotatable bonds is 9. The van der Waals surface area contributed by atoms with Crippen LogP contribution in [0.4, 0.5) is 0 Å². The van der Waals surface area contributed by atoms with Crippen LogP contribution in [-0.4, -0.2) is 66.5 Å². The molecule has 2 amide bonds. The van der Waals surface area contributed by atoms with Crippen molar-refractivity contribution in [3.8, 4) is 0 Å². The van der Waals surface area contributed by atoms with Crippen LogP contribution in [0.25, 0.3) is 0 Å². The van der Waals surface area contributed by atoms with Gasteiger partial charge >= 0.3 is 0 Å². The summed E-state index contributed by atoms with van der Waals surface area (Å²) in [5.41, 5.74) is 1.76. The fourth-order valence-electron chi connectivity index (χ4n) is 5.17. The molecule has 2 aromatic rings. The number of methoxy groups -OCH3 is 1. The number of ether oxygens (including phenoxy) is 1. The van der Waals surface area contributed by atoms with E-state index in [2.05, 4.69) is 15.2 Å². The van der Waals surface area contributed by atoms with Crippen LogP contribution >= 0.6 is 36.4 Å². The number of piperidine rings is 1. The Hall–Kier alpha value is -1.90. The first-order chi connectivity index (χ1) is 16.5. The lowest BCUT2D eigenvalue weighted by atomic mass is 9.77. The summed E-state index contributed by atoms with van der Waals surface area (Å²) in [6.45, 7) is 4.06. The minimum absolute atomic E-state index is 0. The van der Waals surface area contributed by atoms with Crippen molar-refractivity contribution in [2.24, 2.45) is 5.41 Å². The van der Waals surface area contributed by atoms with Gasteiger partial charge in [-0.3, -0.25) is 14.6 Å². The minimum Gasteiger partial charge on any atom is -0.375 e. The Morgan fingerprint density at radius 3 is 2.53 bits per heavy atom. The summed E-state index contributed by atoms with van der Waals surface area (Å²) in [7, 11) is 1.51. The van der Waals surface area contributed by atoms with Crippen molar-refractivity contribution >= 4 is 48.2 Å². The summed E-state index contributed by atoms with van der Waals surface area (Å²) in [5.74, 6) is 0.132. The first-order valence-electron chi connectivity index (χ1n) is 11.9. The van der Waals surface area contributed by atoms with Crippen LogP contribution in [0, 0.1) is 5.41 Å². The first kappa shape index (κ1) is 30.3. The van der Waals surface area contributed by atoms with Gasteiger partial charge in [-0.25, -0.2) is 0 Å². The number of likely N-dealkylation sites (tertiary alicyclic amines) is 2. The van der Waals surface area contributed by atoms with Crippen LogP contribution < -0.4 is 5.32 Å². The van der Waals surface area contributed by atoms with Crippen molar-refractivity contribution in [1.82, 2.24) is 20.1 Å². The maximum absolute atomic E-state index is 13.3. The number of hydrogen-bond donors (Lipinski definition) is 1. The third-order valence-electron chi connectivity index (χ3n) is 7.14. The van der Waals surface area contributed by atoms with E-state index in [0.717, 1.165) is 63.0 Å². The smallest absolute Gasteiger partial charge is 0.246 e. The highest BCUT2D eigenvalue weighted by Crippen LogP contribution is 2.42. The lowest BCUT2D eigenvalue weighted by Gasteiger charge is -2.38. The molecule has 1 atom stereocenters. The number of amides is 2. The first-order valence-corrected chi connectivity index (χ1v) is 12.3. The molecule has 2 aliphatic heterocycles. The third kappa shape index (κ3) is 7.33. The van der Waals surface area contributed by atoms with Crippen LogP contribution in [0.5, 0.6) is 0 Å². The summed E-state index contributed by atoms with van der Waals surface area (Å²) in [5, 5.41) is 3.70. The molecule has 1 unspecified atom stereocenters. The molecule has 1 N–H and O–H groups in total. The molecule has 1 aromatic heterocycles. The standard InChI is InChI=1S/C26H33ClN4O3.2ClH/c1-34-19-24(32)29-23(21-6-2-3-7-22(21)27)8-13-30-14-9-26(10-15-30)11-16-31(25(26)33)18-20-5-4-12-28-17-20;;/h2-7,12,17,23H,8-11,13-16,18-19H2,1H3,(H,29,32);2*1H. The van der Waals surface area contributed by atoms with E-state index in [1.165, 1.54) is 7.11 Å². The predicted octanol–water partition coefficient (Wildman–Crippen LogP) is 4.29. The van der Waals surface area contributed by atoms with Gasteiger partial charge in [0, 0.05) is 44.2 Å². The Balaban J connectivity index is 0.00000228. The Morgan fingerprint density at radius 2 is 1.86 bits per heavy atom. The number of benzene rings is 1. The molecule has 198 valence electrons. The molecule has 0 aliphatic carbocycles. The number of aromatic nitrogens is 1. The highest BCUT2D eigenvalue weighted by Gasteiger charge is 2.47. The van der Waals surface area contributed by atoms with Gasteiger partial charge in [-0.15, -0.1) is 24.8 Å². The van der Waals surface area contributed by atoms with Crippen LogP contribution in [0.3, 0.4) is 0 Å². The lowest BCUT2D eigenvalue weighted by molar-refractivity contribution is -0.139. The fraction of sp³-hybridized carbons (Fsp3) is 0.500. The molecular formula is C26H35Cl3N4O3. The van der Waals surface area contributed by atoms with Gasteiger partial charge in [0.25, 0.3) is 0 Å². The number of carbonyl (C=O) groups is 2. The van der Waals surface area contributed by atoms with Crippen molar-refractivity contribution < 1.29 is 14.3 Å². The molecule has 0 radical (unpaired) electrons. The van der Waals surface area contributed by atoms with Crippen LogP contribution in [-0.2, 0) is 20.9 Å². The van der Waals surface area contributed by atoms with Crippen molar-refractivity contribution in [3.63, 3.8) is 0 Å². The molecule has 0 saturated carbocycles. The molecule has 1 aromatic carbocycles. The lowest BCUT2D eigenvalue weighted by Crippen LogP contribution is -2.45. The van der Waals surface area contributed by atoms with E-state index >= 15 is 0 Å². The second kappa shape index (κ2) is 14.1. The van der Waals surface area contributed by atoms with E-state index in [4.69, 9.17) is 16.3 Å². The van der Waals surface area contributed by atoms with Gasteiger partial charge in [0.1, 0.15) is 6.61 Å². The molecule has 2 fully saturated rings. The van der Waals surface area contributed by atoms with Gasteiger partial charge < -0.3 is 19.9 Å². The molecule has 1 spiro atoms. The minimum atomic E-state index is -0.229. The number of pyridine rings is 1. The van der Waals surface area contributed by atoms with Gasteiger partial charge in [0.05, 0.1) is 11.5 Å². The van der Waals surface area contributed by atoms with E-state index in [0.29, 0.717) is 11.6 Å². The predicted molar refractivity (Wildman–Crippen MR) is 146 cm³/mol. The Labute approximate surface area is 230 Å². The maximum atomic E-state index is 13.3. The van der Waals surface area contributed by atoms with Gasteiger partial charge in [-0.05, 0) is 62.0 Å². The van der Waals surface area contributed by atoms with Crippen molar-refractivity contribution in [3.05, 3.63) is 64.9 Å². The normalized spacial score (nSPS) is 17.8. The van der Waals surface area contributed by atoms with Crippen LogP contribution in [0.1, 0.15) is 42.9 Å². The molecule has 7 nitrogen and oxygen atoms in total. The second-order valence-corrected chi connectivity index (χ2v) is 9.73. The monoisotopic (exact) mass is 556 g/mol. The van der Waals surface area contributed by atoms with E-state index < -0.39 is 0 Å². The summed E-state index contributed by atoms with van der Waals surface area (Å²) in [4.78, 5) is 34.1.